The van der Waals surface area contributed by atoms with Gasteiger partial charge in [0.05, 0.1) is 0 Å². The SMILES string of the molecule is CCCNC(=O)[C@@H](C)NC(=O)COC(=O)c1ccccc1O. The summed E-state index contributed by atoms with van der Waals surface area (Å²) in [6.07, 6.45) is 0.796. The molecular weight excluding hydrogens is 288 g/mol. The predicted octanol–water partition coefficient (Wildman–Crippen LogP) is 0.580. The summed E-state index contributed by atoms with van der Waals surface area (Å²) in [5.74, 6) is -1.93. The van der Waals surface area contributed by atoms with Crippen LogP contribution in [0.4, 0.5) is 0 Å². The second kappa shape index (κ2) is 8.66. The highest BCUT2D eigenvalue weighted by atomic mass is 16.5. The molecule has 0 heterocycles. The van der Waals surface area contributed by atoms with E-state index in [0.717, 1.165) is 6.42 Å². The van der Waals surface area contributed by atoms with Gasteiger partial charge in [-0.15, -0.1) is 0 Å². The van der Waals surface area contributed by atoms with E-state index in [2.05, 4.69) is 10.6 Å². The zero-order valence-corrected chi connectivity index (χ0v) is 12.6. The minimum Gasteiger partial charge on any atom is -0.507 e. The molecule has 0 spiro atoms. The van der Waals surface area contributed by atoms with Crippen LogP contribution in [0.3, 0.4) is 0 Å². The molecule has 0 aromatic heterocycles. The molecule has 0 fully saturated rings. The van der Waals surface area contributed by atoms with Crippen molar-refractivity contribution in [3.05, 3.63) is 29.8 Å². The summed E-state index contributed by atoms with van der Waals surface area (Å²) < 4.78 is 4.79. The molecule has 22 heavy (non-hydrogen) atoms. The van der Waals surface area contributed by atoms with Crippen molar-refractivity contribution in [2.45, 2.75) is 26.3 Å². The lowest BCUT2D eigenvalue weighted by Crippen LogP contribution is -2.46. The Morgan fingerprint density at radius 1 is 1.27 bits per heavy atom. The fraction of sp³-hybridized carbons (Fsp3) is 0.400. The first kappa shape index (κ1) is 17.5. The molecule has 0 radical (unpaired) electrons. The van der Waals surface area contributed by atoms with Crippen LogP contribution in [0.15, 0.2) is 24.3 Å². The van der Waals surface area contributed by atoms with Gasteiger partial charge in [0.25, 0.3) is 5.91 Å². The van der Waals surface area contributed by atoms with Gasteiger partial charge in [-0.05, 0) is 25.5 Å². The molecule has 0 aliphatic carbocycles. The fourth-order valence-electron chi connectivity index (χ4n) is 1.61. The number of esters is 1. The monoisotopic (exact) mass is 308 g/mol. The van der Waals surface area contributed by atoms with E-state index in [1.807, 2.05) is 6.92 Å². The number of hydrogen-bond acceptors (Lipinski definition) is 5. The van der Waals surface area contributed by atoms with Gasteiger partial charge in [-0.2, -0.15) is 0 Å². The molecule has 120 valence electrons. The number of carbonyl (C=O) groups excluding carboxylic acids is 3. The summed E-state index contributed by atoms with van der Waals surface area (Å²) in [5, 5.41) is 14.6. The number of ether oxygens (including phenoxy) is 1. The Labute approximate surface area is 128 Å². The number of carbonyl (C=O) groups is 3. The lowest BCUT2D eigenvalue weighted by molar-refractivity contribution is -0.130. The van der Waals surface area contributed by atoms with Gasteiger partial charge in [-0.3, -0.25) is 9.59 Å². The molecule has 0 bridgehead atoms. The average Bonchev–Trinajstić information content (AvgIpc) is 2.50. The number of hydrogen-bond donors (Lipinski definition) is 3. The van der Waals surface area contributed by atoms with Crippen LogP contribution in [0, 0.1) is 0 Å². The molecule has 7 nitrogen and oxygen atoms in total. The third-order valence-corrected chi connectivity index (χ3v) is 2.78. The molecule has 0 saturated heterocycles. The van der Waals surface area contributed by atoms with Crippen molar-refractivity contribution >= 4 is 17.8 Å². The fourth-order valence-corrected chi connectivity index (χ4v) is 1.61. The summed E-state index contributed by atoms with van der Waals surface area (Å²) in [5.41, 5.74) is -0.0240. The predicted molar refractivity (Wildman–Crippen MR) is 79.3 cm³/mol. The summed E-state index contributed by atoms with van der Waals surface area (Å²) in [4.78, 5) is 34.9. The standard InChI is InChI=1S/C15H20N2O5/c1-3-8-16-14(20)10(2)17-13(19)9-22-15(21)11-6-4-5-7-12(11)18/h4-7,10,18H,3,8-9H2,1-2H3,(H,16,20)(H,17,19)/t10-/m1/s1. The van der Waals surface area contributed by atoms with Gasteiger partial charge in [-0.25, -0.2) is 4.79 Å². The Morgan fingerprint density at radius 2 is 1.95 bits per heavy atom. The number of phenolic OH excluding ortho intramolecular Hbond substituents is 1. The summed E-state index contributed by atoms with van der Waals surface area (Å²) >= 11 is 0. The first-order valence-electron chi connectivity index (χ1n) is 6.98. The van der Waals surface area contributed by atoms with Gasteiger partial charge < -0.3 is 20.5 Å². The highest BCUT2D eigenvalue weighted by Crippen LogP contribution is 2.16. The summed E-state index contributed by atoms with van der Waals surface area (Å²) in [6, 6.07) is 5.14. The van der Waals surface area contributed by atoms with Crippen LogP contribution in [0.5, 0.6) is 5.75 Å². The van der Waals surface area contributed by atoms with Gasteiger partial charge in [-0.1, -0.05) is 19.1 Å². The van der Waals surface area contributed by atoms with Crippen molar-refractivity contribution in [2.75, 3.05) is 13.2 Å². The van der Waals surface area contributed by atoms with E-state index in [-0.39, 0.29) is 17.2 Å². The van der Waals surface area contributed by atoms with Crippen LogP contribution in [-0.2, 0) is 14.3 Å². The zero-order chi connectivity index (χ0) is 16.5. The van der Waals surface area contributed by atoms with Crippen LogP contribution in [0.25, 0.3) is 0 Å². The molecule has 2 amide bonds. The highest BCUT2D eigenvalue weighted by Gasteiger charge is 2.17. The van der Waals surface area contributed by atoms with Crippen LogP contribution in [-0.4, -0.2) is 42.1 Å². The van der Waals surface area contributed by atoms with Crippen LogP contribution < -0.4 is 10.6 Å². The first-order chi connectivity index (χ1) is 10.5. The Balaban J connectivity index is 2.41. The lowest BCUT2D eigenvalue weighted by Gasteiger charge is -2.13. The quantitative estimate of drug-likeness (QED) is 0.639. The molecule has 7 heteroatoms. The Kier molecular flexibility index (Phi) is 6.88. The van der Waals surface area contributed by atoms with Gasteiger partial charge in [0.15, 0.2) is 6.61 Å². The number of phenols is 1. The first-order valence-corrected chi connectivity index (χ1v) is 6.98. The van der Waals surface area contributed by atoms with E-state index < -0.39 is 24.5 Å². The normalized spacial score (nSPS) is 11.4. The Morgan fingerprint density at radius 3 is 2.59 bits per heavy atom. The van der Waals surface area contributed by atoms with E-state index in [0.29, 0.717) is 6.54 Å². The highest BCUT2D eigenvalue weighted by molar-refractivity contribution is 5.94. The minimum absolute atomic E-state index is 0.0240. The molecule has 0 unspecified atom stereocenters. The maximum Gasteiger partial charge on any atom is 0.342 e. The van der Waals surface area contributed by atoms with Crippen molar-refractivity contribution in [3.8, 4) is 5.75 Å². The molecule has 0 aliphatic heterocycles. The second-order valence-corrected chi connectivity index (χ2v) is 4.67. The van der Waals surface area contributed by atoms with E-state index >= 15 is 0 Å². The lowest BCUT2D eigenvalue weighted by atomic mass is 10.2. The largest absolute Gasteiger partial charge is 0.507 e. The summed E-state index contributed by atoms with van der Waals surface area (Å²) in [7, 11) is 0. The van der Waals surface area contributed by atoms with Gasteiger partial charge in [0.2, 0.25) is 5.91 Å². The van der Waals surface area contributed by atoms with Gasteiger partial charge >= 0.3 is 5.97 Å². The smallest absolute Gasteiger partial charge is 0.342 e. The van der Waals surface area contributed by atoms with Crippen LogP contribution >= 0.6 is 0 Å². The molecule has 1 aromatic carbocycles. The number of para-hydroxylation sites is 1. The molecular formula is C15H20N2O5. The maximum atomic E-state index is 11.7. The van der Waals surface area contributed by atoms with Crippen LogP contribution in [0.1, 0.15) is 30.6 Å². The molecule has 1 rings (SSSR count). The van der Waals surface area contributed by atoms with Gasteiger partial charge in [0, 0.05) is 6.54 Å². The Hall–Kier alpha value is -2.57. The third-order valence-electron chi connectivity index (χ3n) is 2.78. The van der Waals surface area contributed by atoms with E-state index in [4.69, 9.17) is 4.74 Å². The van der Waals surface area contributed by atoms with Crippen molar-refractivity contribution in [3.63, 3.8) is 0 Å². The number of benzene rings is 1. The molecule has 0 aliphatic rings. The second-order valence-electron chi connectivity index (χ2n) is 4.67. The summed E-state index contributed by atoms with van der Waals surface area (Å²) in [6.45, 7) is 3.45. The van der Waals surface area contributed by atoms with Gasteiger partial charge in [0.1, 0.15) is 17.4 Å². The minimum atomic E-state index is -0.809. The topological polar surface area (TPSA) is 105 Å². The number of rotatable bonds is 7. The van der Waals surface area contributed by atoms with Crippen molar-refractivity contribution < 1.29 is 24.2 Å². The van der Waals surface area contributed by atoms with E-state index in [1.54, 1.807) is 12.1 Å². The average molecular weight is 308 g/mol. The number of aromatic hydroxyl groups is 1. The number of amides is 2. The molecule has 1 atom stereocenters. The van der Waals surface area contributed by atoms with Crippen molar-refractivity contribution in [2.24, 2.45) is 0 Å². The third kappa shape index (κ3) is 5.43. The molecule has 3 N–H and O–H groups in total. The zero-order valence-electron chi connectivity index (χ0n) is 12.6. The van der Waals surface area contributed by atoms with Crippen molar-refractivity contribution in [1.29, 1.82) is 0 Å². The Bertz CT molecular complexity index is 544. The van der Waals surface area contributed by atoms with E-state index in [9.17, 15) is 19.5 Å². The number of nitrogens with one attached hydrogen (secondary N) is 2. The molecule has 0 saturated carbocycles. The van der Waals surface area contributed by atoms with Crippen molar-refractivity contribution in [1.82, 2.24) is 10.6 Å². The molecule has 1 aromatic rings. The van der Waals surface area contributed by atoms with E-state index in [1.165, 1.54) is 19.1 Å². The van der Waals surface area contributed by atoms with Crippen LogP contribution in [0.2, 0.25) is 0 Å². The maximum absolute atomic E-state index is 11.7.